The lowest BCUT2D eigenvalue weighted by molar-refractivity contribution is -0.139. The summed E-state index contributed by atoms with van der Waals surface area (Å²) < 4.78 is 84.5. The van der Waals surface area contributed by atoms with Gasteiger partial charge in [-0.15, -0.1) is 12.8 Å². The Labute approximate surface area is 152 Å². The first kappa shape index (κ1) is 20.4. The minimum Gasteiger partial charge on any atom is -0.340 e. The Hall–Kier alpha value is -2.90. The maximum absolute atomic E-state index is 13.2. The van der Waals surface area contributed by atoms with Crippen molar-refractivity contribution in [1.29, 1.82) is 0 Å². The summed E-state index contributed by atoms with van der Waals surface area (Å²) in [5, 5.41) is 0. The molecule has 27 heavy (non-hydrogen) atoms. The van der Waals surface area contributed by atoms with E-state index in [1.807, 2.05) is 11.8 Å². The highest BCUT2D eigenvalue weighted by molar-refractivity contribution is 5.38. The number of terminal acetylenes is 2. The molecular weight excluding hydrogens is 370 g/mol. The van der Waals surface area contributed by atoms with Crippen LogP contribution in [0.4, 0.5) is 26.3 Å². The summed E-state index contributed by atoms with van der Waals surface area (Å²) in [6.07, 6.45) is -2.04. The van der Waals surface area contributed by atoms with Crippen LogP contribution in [0.15, 0.2) is 48.5 Å². The van der Waals surface area contributed by atoms with Crippen LogP contribution in [0.1, 0.15) is 34.5 Å². The van der Waals surface area contributed by atoms with Gasteiger partial charge in [-0.25, -0.2) is 0 Å². The van der Waals surface area contributed by atoms with Gasteiger partial charge in [-0.05, 0) is 12.1 Å². The molecule has 0 aliphatic carbocycles. The highest BCUT2D eigenvalue weighted by Gasteiger charge is 2.37. The van der Waals surface area contributed by atoms with Crippen LogP contribution in [-0.2, 0) is 17.1 Å². The lowest BCUT2D eigenvalue weighted by Gasteiger charge is -2.23. The van der Waals surface area contributed by atoms with Gasteiger partial charge < -0.3 is 4.74 Å². The van der Waals surface area contributed by atoms with Crippen molar-refractivity contribution in [2.45, 2.75) is 24.6 Å². The molecule has 2 aromatic rings. The lowest BCUT2D eigenvalue weighted by Crippen LogP contribution is -2.17. The molecule has 0 aliphatic heterocycles. The number of hydrogen-bond donors (Lipinski definition) is 0. The average Bonchev–Trinajstić information content (AvgIpc) is 2.61. The molecule has 0 N–H and O–H groups in total. The van der Waals surface area contributed by atoms with E-state index in [-0.39, 0.29) is 0 Å². The Morgan fingerprint density at radius 2 is 1.00 bits per heavy atom. The molecule has 2 atom stereocenters. The van der Waals surface area contributed by atoms with Crippen molar-refractivity contribution in [1.82, 2.24) is 0 Å². The van der Waals surface area contributed by atoms with Gasteiger partial charge in [0.25, 0.3) is 0 Å². The van der Waals surface area contributed by atoms with Crippen LogP contribution in [0.5, 0.6) is 0 Å². The minimum absolute atomic E-state index is 0.405. The Kier molecular flexibility index (Phi) is 5.88. The first-order chi connectivity index (χ1) is 12.6. The zero-order valence-corrected chi connectivity index (χ0v) is 13.6. The van der Waals surface area contributed by atoms with Gasteiger partial charge in [0.15, 0.2) is 0 Å². The van der Waals surface area contributed by atoms with E-state index in [1.54, 1.807) is 0 Å². The van der Waals surface area contributed by atoms with Crippen LogP contribution < -0.4 is 0 Å². The van der Waals surface area contributed by atoms with Crippen molar-refractivity contribution in [2.24, 2.45) is 0 Å². The topological polar surface area (TPSA) is 9.23 Å². The molecule has 0 saturated carbocycles. The highest BCUT2D eigenvalue weighted by atomic mass is 19.4. The van der Waals surface area contributed by atoms with Crippen molar-refractivity contribution in [2.75, 3.05) is 0 Å². The summed E-state index contributed by atoms with van der Waals surface area (Å²) in [6, 6.07) is 8.75. The Morgan fingerprint density at radius 1 is 0.667 bits per heavy atom. The zero-order chi connectivity index (χ0) is 20.2. The minimum atomic E-state index is -4.72. The smallest absolute Gasteiger partial charge is 0.340 e. The molecule has 7 heteroatoms. The van der Waals surface area contributed by atoms with Crippen LogP contribution in [0.2, 0.25) is 0 Å². The van der Waals surface area contributed by atoms with E-state index in [2.05, 4.69) is 0 Å². The van der Waals surface area contributed by atoms with Gasteiger partial charge in [0.1, 0.15) is 12.2 Å². The quantitative estimate of drug-likeness (QED) is 0.480. The van der Waals surface area contributed by atoms with Crippen LogP contribution in [0.3, 0.4) is 0 Å². The van der Waals surface area contributed by atoms with E-state index in [4.69, 9.17) is 17.6 Å². The lowest BCUT2D eigenvalue weighted by atomic mass is 9.99. The predicted molar refractivity (Wildman–Crippen MR) is 87.1 cm³/mol. The van der Waals surface area contributed by atoms with E-state index < -0.39 is 46.8 Å². The fourth-order valence-electron chi connectivity index (χ4n) is 2.51. The van der Waals surface area contributed by atoms with Crippen molar-refractivity contribution in [3.05, 3.63) is 70.8 Å². The fraction of sp³-hybridized carbons (Fsp3) is 0.200. The molecule has 0 aromatic heterocycles. The molecule has 140 valence electrons. The number of benzene rings is 2. The van der Waals surface area contributed by atoms with Crippen LogP contribution in [0.25, 0.3) is 0 Å². The second kappa shape index (κ2) is 7.77. The molecule has 0 spiro atoms. The van der Waals surface area contributed by atoms with Crippen molar-refractivity contribution in [3.63, 3.8) is 0 Å². The number of halogens is 6. The first-order valence-corrected chi connectivity index (χ1v) is 7.49. The molecule has 2 aromatic carbocycles. The molecular formula is C20H12F6O. The van der Waals surface area contributed by atoms with Crippen molar-refractivity contribution >= 4 is 0 Å². The monoisotopic (exact) mass is 382 g/mol. The van der Waals surface area contributed by atoms with Gasteiger partial charge in [-0.3, -0.25) is 0 Å². The summed E-state index contributed by atoms with van der Waals surface area (Å²) in [6.45, 7) is 0. The van der Waals surface area contributed by atoms with Gasteiger partial charge in [0.2, 0.25) is 0 Å². The zero-order valence-electron chi connectivity index (χ0n) is 13.6. The van der Waals surface area contributed by atoms with Crippen LogP contribution in [-0.4, -0.2) is 0 Å². The molecule has 2 rings (SSSR count). The SMILES string of the molecule is C#CC(OC(C#C)c1ccccc1C(F)(F)F)c1ccccc1C(F)(F)F. The second-order valence-corrected chi connectivity index (χ2v) is 5.40. The number of rotatable bonds is 4. The Balaban J connectivity index is 2.46. The standard InChI is InChI=1S/C20H12F6O/c1-3-17(13-9-5-7-11-15(13)19(21,22)23)27-18(4-2)14-10-6-8-12-16(14)20(24,25)26/h1-2,5-12,17-18H. The van der Waals surface area contributed by atoms with Crippen LogP contribution >= 0.6 is 0 Å². The summed E-state index contributed by atoms with van der Waals surface area (Å²) in [5.41, 5.74) is -2.91. The molecule has 0 amide bonds. The molecule has 0 aliphatic rings. The third kappa shape index (κ3) is 4.64. The Morgan fingerprint density at radius 3 is 1.30 bits per heavy atom. The van der Waals surface area contributed by atoms with E-state index in [1.165, 1.54) is 12.1 Å². The molecule has 0 saturated heterocycles. The van der Waals surface area contributed by atoms with E-state index in [0.29, 0.717) is 0 Å². The van der Waals surface area contributed by atoms with Crippen molar-refractivity contribution < 1.29 is 31.1 Å². The molecule has 0 radical (unpaired) electrons. The maximum atomic E-state index is 13.2. The summed E-state index contributed by atoms with van der Waals surface area (Å²) in [4.78, 5) is 0. The maximum Gasteiger partial charge on any atom is 0.416 e. The largest absolute Gasteiger partial charge is 0.416 e. The fourth-order valence-corrected chi connectivity index (χ4v) is 2.51. The normalized spacial score (nSPS) is 14.1. The highest BCUT2D eigenvalue weighted by Crippen LogP contribution is 2.39. The summed E-state index contributed by atoms with van der Waals surface area (Å²) >= 11 is 0. The van der Waals surface area contributed by atoms with E-state index in [9.17, 15) is 26.3 Å². The van der Waals surface area contributed by atoms with Gasteiger partial charge in [0, 0.05) is 11.1 Å². The van der Waals surface area contributed by atoms with Crippen molar-refractivity contribution in [3.8, 4) is 24.7 Å². The molecule has 0 bridgehead atoms. The van der Waals surface area contributed by atoms with E-state index in [0.717, 1.165) is 36.4 Å². The number of hydrogen-bond acceptors (Lipinski definition) is 1. The van der Waals surface area contributed by atoms with E-state index >= 15 is 0 Å². The molecule has 2 unspecified atom stereocenters. The van der Waals surface area contributed by atoms with Crippen LogP contribution in [0, 0.1) is 24.7 Å². The van der Waals surface area contributed by atoms with Gasteiger partial charge in [-0.1, -0.05) is 48.2 Å². The molecule has 0 heterocycles. The Bertz CT molecular complexity index is 809. The summed E-state index contributed by atoms with van der Waals surface area (Å²) in [7, 11) is 0. The van der Waals surface area contributed by atoms with Gasteiger partial charge in [0.05, 0.1) is 11.1 Å². The van der Waals surface area contributed by atoms with Gasteiger partial charge in [-0.2, -0.15) is 26.3 Å². The third-order valence-corrected chi connectivity index (χ3v) is 3.67. The second-order valence-electron chi connectivity index (χ2n) is 5.40. The number of ether oxygens (including phenoxy) is 1. The predicted octanol–water partition coefficient (Wildman–Crippen LogP) is 5.79. The average molecular weight is 382 g/mol. The third-order valence-electron chi connectivity index (χ3n) is 3.67. The summed E-state index contributed by atoms with van der Waals surface area (Å²) in [5.74, 6) is 4.05. The first-order valence-electron chi connectivity index (χ1n) is 7.49. The molecule has 1 nitrogen and oxygen atoms in total. The molecule has 0 fully saturated rings. The number of alkyl halides is 6. The van der Waals surface area contributed by atoms with Gasteiger partial charge >= 0.3 is 12.4 Å².